The number of sulfonamides is 1. The van der Waals surface area contributed by atoms with E-state index in [9.17, 15) is 13.2 Å². The van der Waals surface area contributed by atoms with Crippen LogP contribution in [0.2, 0.25) is 0 Å². The van der Waals surface area contributed by atoms with Crippen LogP contribution >= 0.6 is 23.1 Å². The van der Waals surface area contributed by atoms with Gasteiger partial charge in [0.2, 0.25) is 15.9 Å². The number of carbonyl (C=O) groups excluding carboxylic acids is 1. The highest BCUT2D eigenvalue weighted by atomic mass is 32.2. The first-order chi connectivity index (χ1) is 14.9. The molecule has 0 unspecified atom stereocenters. The standard InChI is InChI=1S/C20H22N4O4S3/c1-14-19(15(2)28-22-14)31(26,27)24-10-8-23(9-11-24)18(25)13-30-20-21-17(12-29-20)16-6-4-3-5-7-16/h3-7,12H,8-11,13H2,1-2H3. The van der Waals surface area contributed by atoms with Gasteiger partial charge in [-0.15, -0.1) is 11.3 Å². The summed E-state index contributed by atoms with van der Waals surface area (Å²) in [5, 5.41) is 5.73. The number of nitrogens with zero attached hydrogens (tertiary/aromatic N) is 4. The third-order valence-corrected chi connectivity index (χ3v) is 9.18. The Balaban J connectivity index is 1.31. The third-order valence-electron chi connectivity index (χ3n) is 5.03. The maximum atomic E-state index is 12.9. The van der Waals surface area contributed by atoms with Gasteiger partial charge in [-0.3, -0.25) is 4.79 Å². The molecule has 1 aliphatic rings. The molecule has 0 atom stereocenters. The Morgan fingerprint density at radius 2 is 1.87 bits per heavy atom. The van der Waals surface area contributed by atoms with Crippen LogP contribution in [0.1, 0.15) is 11.5 Å². The van der Waals surface area contributed by atoms with Gasteiger partial charge in [0, 0.05) is 37.1 Å². The van der Waals surface area contributed by atoms with Crippen molar-refractivity contribution in [3.63, 3.8) is 0 Å². The van der Waals surface area contributed by atoms with E-state index in [1.807, 2.05) is 35.7 Å². The average Bonchev–Trinajstić information content (AvgIpc) is 3.39. The fourth-order valence-corrected chi connectivity index (χ4v) is 6.88. The highest BCUT2D eigenvalue weighted by molar-refractivity contribution is 8.01. The number of amides is 1. The lowest BCUT2D eigenvalue weighted by molar-refractivity contribution is -0.129. The van der Waals surface area contributed by atoms with E-state index in [1.54, 1.807) is 18.7 Å². The summed E-state index contributed by atoms with van der Waals surface area (Å²) in [5.74, 6) is 0.541. The van der Waals surface area contributed by atoms with Gasteiger partial charge in [0.1, 0.15) is 10.6 Å². The minimum Gasteiger partial charge on any atom is -0.360 e. The van der Waals surface area contributed by atoms with Crippen molar-refractivity contribution >= 4 is 39.0 Å². The van der Waals surface area contributed by atoms with Crippen molar-refractivity contribution in [2.45, 2.75) is 23.1 Å². The third kappa shape index (κ3) is 4.69. The quantitative estimate of drug-likeness (QED) is 0.502. The Bertz CT molecular complexity index is 1150. The number of hydrogen-bond acceptors (Lipinski definition) is 8. The SMILES string of the molecule is Cc1noc(C)c1S(=O)(=O)N1CCN(C(=O)CSc2nc(-c3ccccc3)cs2)CC1. The van der Waals surface area contributed by atoms with Crippen molar-refractivity contribution in [1.82, 2.24) is 19.3 Å². The molecule has 0 N–H and O–H groups in total. The summed E-state index contributed by atoms with van der Waals surface area (Å²) in [6.45, 7) is 4.41. The molecule has 1 saturated heterocycles. The molecule has 2 aromatic heterocycles. The number of rotatable bonds is 6. The molecule has 0 bridgehead atoms. The lowest BCUT2D eigenvalue weighted by atomic mass is 10.2. The van der Waals surface area contributed by atoms with Gasteiger partial charge < -0.3 is 9.42 Å². The van der Waals surface area contributed by atoms with Crippen LogP contribution in [-0.4, -0.2) is 65.6 Å². The van der Waals surface area contributed by atoms with Crippen molar-refractivity contribution in [3.05, 3.63) is 47.2 Å². The zero-order valence-corrected chi connectivity index (χ0v) is 19.6. The molecule has 3 heterocycles. The second-order valence-corrected chi connectivity index (χ2v) is 11.0. The monoisotopic (exact) mass is 478 g/mol. The van der Waals surface area contributed by atoms with Gasteiger partial charge in [-0.2, -0.15) is 4.31 Å². The number of aryl methyl sites for hydroxylation is 2. The molecule has 1 aliphatic heterocycles. The van der Waals surface area contributed by atoms with Crippen molar-refractivity contribution in [2.24, 2.45) is 0 Å². The molecule has 164 valence electrons. The predicted molar refractivity (Wildman–Crippen MR) is 120 cm³/mol. The molecular weight excluding hydrogens is 456 g/mol. The molecule has 0 radical (unpaired) electrons. The molecule has 1 amide bonds. The van der Waals surface area contributed by atoms with Crippen LogP contribution in [0.4, 0.5) is 0 Å². The van der Waals surface area contributed by atoms with Gasteiger partial charge in [0.25, 0.3) is 0 Å². The van der Waals surface area contributed by atoms with Crippen LogP contribution in [0.5, 0.6) is 0 Å². The minimum atomic E-state index is -3.68. The summed E-state index contributed by atoms with van der Waals surface area (Å²) in [6.07, 6.45) is 0. The molecule has 31 heavy (non-hydrogen) atoms. The lowest BCUT2D eigenvalue weighted by Gasteiger charge is -2.33. The number of benzene rings is 1. The molecule has 1 fully saturated rings. The molecule has 1 aromatic carbocycles. The summed E-state index contributed by atoms with van der Waals surface area (Å²) in [5.41, 5.74) is 2.30. The zero-order valence-electron chi connectivity index (χ0n) is 17.1. The molecule has 0 aliphatic carbocycles. The molecule has 4 rings (SSSR count). The van der Waals surface area contributed by atoms with Crippen LogP contribution in [-0.2, 0) is 14.8 Å². The van der Waals surface area contributed by atoms with Crippen LogP contribution < -0.4 is 0 Å². The molecular formula is C20H22N4O4S3. The summed E-state index contributed by atoms with van der Waals surface area (Å²) < 4.78 is 33.1. The number of aromatic nitrogens is 2. The van der Waals surface area contributed by atoms with Crippen LogP contribution in [0.25, 0.3) is 11.3 Å². The number of hydrogen-bond donors (Lipinski definition) is 0. The topological polar surface area (TPSA) is 96.6 Å². The van der Waals surface area contributed by atoms with E-state index in [0.29, 0.717) is 18.8 Å². The predicted octanol–water partition coefficient (Wildman–Crippen LogP) is 3.04. The van der Waals surface area contributed by atoms with Gasteiger partial charge in [0.05, 0.1) is 11.4 Å². The molecule has 0 spiro atoms. The van der Waals surface area contributed by atoms with Crippen molar-refractivity contribution in [1.29, 1.82) is 0 Å². The largest absolute Gasteiger partial charge is 0.360 e. The van der Waals surface area contributed by atoms with E-state index >= 15 is 0 Å². The van der Waals surface area contributed by atoms with Crippen molar-refractivity contribution in [2.75, 3.05) is 31.9 Å². The van der Waals surface area contributed by atoms with E-state index in [1.165, 1.54) is 27.4 Å². The lowest BCUT2D eigenvalue weighted by Crippen LogP contribution is -2.51. The summed E-state index contributed by atoms with van der Waals surface area (Å²) in [6, 6.07) is 9.91. The number of piperazine rings is 1. The highest BCUT2D eigenvalue weighted by Crippen LogP contribution is 2.29. The Labute approximate surface area is 189 Å². The fourth-order valence-electron chi connectivity index (χ4n) is 3.43. The second kappa shape index (κ2) is 9.11. The zero-order chi connectivity index (χ0) is 22.0. The number of carbonyl (C=O) groups is 1. The smallest absolute Gasteiger partial charge is 0.248 e. The highest BCUT2D eigenvalue weighted by Gasteiger charge is 2.34. The van der Waals surface area contributed by atoms with E-state index in [2.05, 4.69) is 10.1 Å². The Morgan fingerprint density at radius 3 is 2.52 bits per heavy atom. The Morgan fingerprint density at radius 1 is 1.16 bits per heavy atom. The first-order valence-electron chi connectivity index (χ1n) is 9.71. The van der Waals surface area contributed by atoms with Crippen molar-refractivity contribution in [3.8, 4) is 11.3 Å². The molecule has 0 saturated carbocycles. The van der Waals surface area contributed by atoms with E-state index in [0.717, 1.165) is 15.6 Å². The number of thiazole rings is 1. The van der Waals surface area contributed by atoms with Crippen LogP contribution in [0.3, 0.4) is 0 Å². The first kappa shape index (κ1) is 22.0. The Kier molecular flexibility index (Phi) is 6.47. The van der Waals surface area contributed by atoms with Gasteiger partial charge in [-0.25, -0.2) is 13.4 Å². The summed E-state index contributed by atoms with van der Waals surface area (Å²) >= 11 is 2.93. The van der Waals surface area contributed by atoms with Crippen LogP contribution in [0.15, 0.2) is 49.5 Å². The average molecular weight is 479 g/mol. The molecule has 11 heteroatoms. The van der Waals surface area contributed by atoms with E-state index in [-0.39, 0.29) is 35.4 Å². The van der Waals surface area contributed by atoms with Crippen LogP contribution in [0, 0.1) is 13.8 Å². The van der Waals surface area contributed by atoms with Crippen molar-refractivity contribution < 1.29 is 17.7 Å². The van der Waals surface area contributed by atoms with Gasteiger partial charge in [-0.05, 0) is 13.8 Å². The van der Waals surface area contributed by atoms with Gasteiger partial charge >= 0.3 is 0 Å². The summed E-state index contributed by atoms with van der Waals surface area (Å²) in [4.78, 5) is 19.1. The Hall–Kier alpha value is -2.21. The maximum absolute atomic E-state index is 12.9. The van der Waals surface area contributed by atoms with Gasteiger partial charge in [0.15, 0.2) is 10.1 Å². The molecule has 3 aromatic rings. The minimum absolute atomic E-state index is 0.0177. The van der Waals surface area contributed by atoms with E-state index in [4.69, 9.17) is 4.52 Å². The van der Waals surface area contributed by atoms with Gasteiger partial charge in [-0.1, -0.05) is 47.3 Å². The maximum Gasteiger partial charge on any atom is 0.248 e. The normalized spacial score (nSPS) is 15.4. The summed E-state index contributed by atoms with van der Waals surface area (Å²) in [7, 11) is -3.68. The van der Waals surface area contributed by atoms with E-state index < -0.39 is 10.0 Å². The number of thioether (sulfide) groups is 1. The fraction of sp³-hybridized carbons (Fsp3) is 0.350. The molecule has 8 nitrogen and oxygen atoms in total. The second-order valence-electron chi connectivity index (χ2n) is 7.09. The first-order valence-corrected chi connectivity index (χ1v) is 13.0.